The van der Waals surface area contributed by atoms with E-state index in [1.807, 2.05) is 30.5 Å². The number of anilines is 1. The maximum atomic E-state index is 12.0. The lowest BCUT2D eigenvalue weighted by Gasteiger charge is -2.06. The number of aromatic nitrogens is 3. The van der Waals surface area contributed by atoms with Crippen LogP contribution in [0.3, 0.4) is 0 Å². The Morgan fingerprint density at radius 3 is 2.55 bits per heavy atom. The Morgan fingerprint density at radius 2 is 1.90 bits per heavy atom. The fourth-order valence-electron chi connectivity index (χ4n) is 1.79. The molecule has 5 nitrogen and oxygen atoms in total. The summed E-state index contributed by atoms with van der Waals surface area (Å²) < 4.78 is 1.66. The molecular formula is C15H12N4O. The lowest BCUT2D eigenvalue weighted by molar-refractivity contribution is 0.102. The largest absolute Gasteiger partial charge is 0.321 e. The minimum Gasteiger partial charge on any atom is -0.321 e. The van der Waals surface area contributed by atoms with E-state index in [9.17, 15) is 4.79 Å². The van der Waals surface area contributed by atoms with Crippen molar-refractivity contribution in [2.24, 2.45) is 0 Å². The van der Waals surface area contributed by atoms with Gasteiger partial charge in [0.2, 0.25) is 0 Å². The maximum absolute atomic E-state index is 12.0. The number of amides is 1. The van der Waals surface area contributed by atoms with E-state index in [0.29, 0.717) is 17.1 Å². The maximum Gasteiger partial charge on any atom is 0.255 e. The van der Waals surface area contributed by atoms with Gasteiger partial charge in [0, 0.05) is 18.0 Å². The summed E-state index contributed by atoms with van der Waals surface area (Å²) in [6.45, 7) is 0. The van der Waals surface area contributed by atoms with Gasteiger partial charge in [-0.3, -0.25) is 4.79 Å². The first kappa shape index (κ1) is 12.1. The molecule has 20 heavy (non-hydrogen) atoms. The zero-order chi connectivity index (χ0) is 13.8. The predicted molar refractivity (Wildman–Crippen MR) is 75.8 cm³/mol. The average Bonchev–Trinajstić information content (AvgIpc) is 3.03. The number of benzene rings is 1. The van der Waals surface area contributed by atoms with Gasteiger partial charge in [0.15, 0.2) is 5.82 Å². The lowest BCUT2D eigenvalue weighted by Crippen LogP contribution is -2.12. The highest BCUT2D eigenvalue weighted by Crippen LogP contribution is 2.10. The van der Waals surface area contributed by atoms with Crippen LogP contribution in [-0.4, -0.2) is 20.7 Å². The molecule has 0 bridgehead atoms. The molecule has 98 valence electrons. The summed E-state index contributed by atoms with van der Waals surface area (Å²) in [5.74, 6) is 0.548. The highest BCUT2D eigenvalue weighted by Gasteiger charge is 2.05. The minimum atomic E-state index is -0.153. The van der Waals surface area contributed by atoms with Crippen molar-refractivity contribution < 1.29 is 4.79 Å². The van der Waals surface area contributed by atoms with Crippen LogP contribution in [0.2, 0.25) is 0 Å². The van der Waals surface area contributed by atoms with Crippen LogP contribution in [0.5, 0.6) is 0 Å². The second-order valence-corrected chi connectivity index (χ2v) is 4.18. The van der Waals surface area contributed by atoms with E-state index in [-0.39, 0.29) is 5.91 Å². The van der Waals surface area contributed by atoms with Crippen molar-refractivity contribution in [1.29, 1.82) is 0 Å². The van der Waals surface area contributed by atoms with E-state index < -0.39 is 0 Å². The zero-order valence-corrected chi connectivity index (χ0v) is 10.6. The van der Waals surface area contributed by atoms with Gasteiger partial charge in [-0.2, -0.15) is 5.10 Å². The number of pyridine rings is 1. The number of hydrogen-bond donors (Lipinski definition) is 1. The van der Waals surface area contributed by atoms with E-state index in [4.69, 9.17) is 0 Å². The first-order valence-electron chi connectivity index (χ1n) is 6.15. The van der Waals surface area contributed by atoms with Crippen LogP contribution >= 0.6 is 0 Å². The van der Waals surface area contributed by atoms with Gasteiger partial charge in [0.05, 0.1) is 11.9 Å². The van der Waals surface area contributed by atoms with Crippen molar-refractivity contribution in [2.75, 3.05) is 5.32 Å². The average molecular weight is 264 g/mol. The standard InChI is InChI=1S/C15H12N4O/c20-15(12-5-2-1-3-6-12)18-13-7-8-14(16-11-13)19-10-4-9-17-19/h1-11H,(H,18,20). The molecule has 0 aliphatic heterocycles. The second-order valence-electron chi connectivity index (χ2n) is 4.18. The molecule has 0 spiro atoms. The Balaban J connectivity index is 1.74. The molecule has 1 amide bonds. The number of hydrogen-bond acceptors (Lipinski definition) is 3. The van der Waals surface area contributed by atoms with Crippen molar-refractivity contribution in [3.63, 3.8) is 0 Å². The molecule has 5 heteroatoms. The van der Waals surface area contributed by atoms with Gasteiger partial charge in [-0.25, -0.2) is 9.67 Å². The van der Waals surface area contributed by atoms with Crippen molar-refractivity contribution in [3.05, 3.63) is 72.7 Å². The monoisotopic (exact) mass is 264 g/mol. The molecule has 0 fully saturated rings. The van der Waals surface area contributed by atoms with E-state index in [2.05, 4.69) is 15.4 Å². The third kappa shape index (κ3) is 2.56. The number of carbonyl (C=O) groups excluding carboxylic acids is 1. The highest BCUT2D eigenvalue weighted by atomic mass is 16.1. The van der Waals surface area contributed by atoms with E-state index in [1.54, 1.807) is 41.3 Å². The van der Waals surface area contributed by atoms with E-state index in [1.165, 1.54) is 0 Å². The number of nitrogens with zero attached hydrogens (tertiary/aromatic N) is 3. The van der Waals surface area contributed by atoms with Crippen molar-refractivity contribution >= 4 is 11.6 Å². The summed E-state index contributed by atoms with van der Waals surface area (Å²) >= 11 is 0. The molecule has 0 aliphatic rings. The van der Waals surface area contributed by atoms with E-state index >= 15 is 0 Å². The van der Waals surface area contributed by atoms with Gasteiger partial charge in [-0.05, 0) is 30.3 Å². The van der Waals surface area contributed by atoms with Crippen LogP contribution in [0.25, 0.3) is 5.82 Å². The topological polar surface area (TPSA) is 59.8 Å². The molecule has 0 saturated heterocycles. The Hall–Kier alpha value is -2.95. The van der Waals surface area contributed by atoms with Crippen LogP contribution in [0.15, 0.2) is 67.1 Å². The molecule has 2 aromatic heterocycles. The van der Waals surface area contributed by atoms with E-state index in [0.717, 1.165) is 0 Å². The molecule has 0 atom stereocenters. The fourth-order valence-corrected chi connectivity index (χ4v) is 1.79. The Bertz CT molecular complexity index is 691. The molecule has 2 heterocycles. The van der Waals surface area contributed by atoms with Crippen LogP contribution in [0.4, 0.5) is 5.69 Å². The van der Waals surface area contributed by atoms with Gasteiger partial charge in [0.1, 0.15) is 0 Å². The Morgan fingerprint density at radius 1 is 1.05 bits per heavy atom. The van der Waals surface area contributed by atoms with Crippen LogP contribution in [0.1, 0.15) is 10.4 Å². The summed E-state index contributed by atoms with van der Waals surface area (Å²) in [5.41, 5.74) is 1.26. The predicted octanol–water partition coefficient (Wildman–Crippen LogP) is 2.52. The summed E-state index contributed by atoms with van der Waals surface area (Å²) in [7, 11) is 0. The van der Waals surface area contributed by atoms with Crippen molar-refractivity contribution in [1.82, 2.24) is 14.8 Å². The number of carbonyl (C=O) groups is 1. The SMILES string of the molecule is O=C(Nc1ccc(-n2cccn2)nc1)c1ccccc1. The number of rotatable bonds is 3. The molecule has 0 radical (unpaired) electrons. The van der Waals surface area contributed by atoms with Gasteiger partial charge < -0.3 is 5.32 Å². The van der Waals surface area contributed by atoms with Crippen LogP contribution < -0.4 is 5.32 Å². The smallest absolute Gasteiger partial charge is 0.255 e. The molecule has 3 rings (SSSR count). The molecule has 0 aliphatic carbocycles. The van der Waals surface area contributed by atoms with Gasteiger partial charge in [-0.1, -0.05) is 18.2 Å². The summed E-state index contributed by atoms with van der Waals surface area (Å²) in [6.07, 6.45) is 5.11. The molecule has 0 saturated carbocycles. The van der Waals surface area contributed by atoms with Crippen molar-refractivity contribution in [3.8, 4) is 5.82 Å². The summed E-state index contributed by atoms with van der Waals surface area (Å²) in [5, 5.41) is 6.89. The first-order valence-corrected chi connectivity index (χ1v) is 6.15. The molecule has 1 aromatic carbocycles. The van der Waals surface area contributed by atoms with Crippen LogP contribution in [-0.2, 0) is 0 Å². The quantitative estimate of drug-likeness (QED) is 0.790. The molecular weight excluding hydrogens is 252 g/mol. The van der Waals surface area contributed by atoms with Gasteiger partial charge in [0.25, 0.3) is 5.91 Å². The third-order valence-electron chi connectivity index (χ3n) is 2.78. The normalized spacial score (nSPS) is 10.2. The molecule has 0 unspecified atom stereocenters. The van der Waals surface area contributed by atoms with Crippen molar-refractivity contribution in [2.45, 2.75) is 0 Å². The number of nitrogens with one attached hydrogen (secondary N) is 1. The van der Waals surface area contributed by atoms with Crippen LogP contribution in [0, 0.1) is 0 Å². The Labute approximate surface area is 115 Å². The molecule has 3 aromatic rings. The highest BCUT2D eigenvalue weighted by molar-refractivity contribution is 6.04. The van der Waals surface area contributed by atoms with Gasteiger partial charge >= 0.3 is 0 Å². The summed E-state index contributed by atoms with van der Waals surface area (Å²) in [4.78, 5) is 16.2. The first-order chi connectivity index (χ1) is 9.83. The zero-order valence-electron chi connectivity index (χ0n) is 10.6. The minimum absolute atomic E-state index is 0.153. The van der Waals surface area contributed by atoms with Gasteiger partial charge in [-0.15, -0.1) is 0 Å². The second kappa shape index (κ2) is 5.36. The third-order valence-corrected chi connectivity index (χ3v) is 2.78. The fraction of sp³-hybridized carbons (Fsp3) is 0. The Kier molecular flexibility index (Phi) is 3.24. The lowest BCUT2D eigenvalue weighted by atomic mass is 10.2. The molecule has 1 N–H and O–H groups in total. The summed E-state index contributed by atoms with van der Waals surface area (Å²) in [6, 6.07) is 14.5.